The van der Waals surface area contributed by atoms with Gasteiger partial charge in [-0.25, -0.2) is 0 Å². The molecule has 0 aromatic heterocycles. The van der Waals surface area contributed by atoms with Gasteiger partial charge >= 0.3 is 0 Å². The smallest absolute Gasteiger partial charge is 0.243 e. The van der Waals surface area contributed by atoms with Gasteiger partial charge in [-0.05, 0) is 25.2 Å². The van der Waals surface area contributed by atoms with Crippen LogP contribution >= 0.6 is 0 Å². The minimum absolute atomic E-state index is 0.106. The topological polar surface area (TPSA) is 211 Å². The fraction of sp³-hybridized carbons (Fsp3) is 0.800. The van der Waals surface area contributed by atoms with Crippen molar-refractivity contribution in [2.24, 2.45) is 17.4 Å². The van der Waals surface area contributed by atoms with Crippen LogP contribution in [0.5, 0.6) is 0 Å². The first-order valence-electron chi connectivity index (χ1n) is 15.5. The van der Waals surface area contributed by atoms with Gasteiger partial charge in [-0.2, -0.15) is 0 Å². The first-order chi connectivity index (χ1) is 19.9. The Bertz CT molecular complexity index is 837. The first-order valence-corrected chi connectivity index (χ1v) is 15.5. The second kappa shape index (κ2) is 23.5. The van der Waals surface area contributed by atoms with E-state index in [4.69, 9.17) is 11.5 Å². The molecule has 12 nitrogen and oxygen atoms in total. The van der Waals surface area contributed by atoms with E-state index < -0.39 is 60.2 Å². The van der Waals surface area contributed by atoms with Crippen molar-refractivity contribution in [3.05, 3.63) is 0 Å². The average Bonchev–Trinajstić information content (AvgIpc) is 2.90. The van der Waals surface area contributed by atoms with E-state index in [1.54, 1.807) is 0 Å². The van der Waals surface area contributed by atoms with E-state index >= 15 is 0 Å². The van der Waals surface area contributed by atoms with Crippen molar-refractivity contribution in [1.82, 2.24) is 16.0 Å². The zero-order valence-electron chi connectivity index (χ0n) is 25.8. The fourth-order valence-electron chi connectivity index (χ4n) is 4.61. The number of nitrogens with two attached hydrogens (primary N) is 2. The highest BCUT2D eigenvalue weighted by atomic mass is 16.3. The summed E-state index contributed by atoms with van der Waals surface area (Å²) in [7, 11) is 0. The Morgan fingerprint density at radius 2 is 1.26 bits per heavy atom. The standard InChI is InChI=1S/C30H55N5O7/c1-4-5-6-7-8-9-10-11-12-13-14-23(37)18-28(40)34-25(19-27(32)39)30(42)35-24(15-16-26(31)38)29(41)33-22(20-36)17-21(2)3/h20-25,37H,4-19H2,1-3H3,(H2,31,38)(H2,32,39)(H,33,41)(H,34,40)(H,35,42)/t22?,23?,24-,25-/m0/s1. The van der Waals surface area contributed by atoms with Gasteiger partial charge < -0.3 is 37.3 Å². The van der Waals surface area contributed by atoms with E-state index in [1.165, 1.54) is 38.5 Å². The van der Waals surface area contributed by atoms with Crippen LogP contribution in [0.3, 0.4) is 0 Å². The number of unbranched alkanes of at least 4 members (excludes halogenated alkanes) is 9. The summed E-state index contributed by atoms with van der Waals surface area (Å²) in [6, 6.07) is -3.46. The number of nitrogens with one attached hydrogen (secondary N) is 3. The normalized spacial score (nSPS) is 13.9. The molecular weight excluding hydrogens is 542 g/mol. The third kappa shape index (κ3) is 20.8. The summed E-state index contributed by atoms with van der Waals surface area (Å²) in [5.41, 5.74) is 10.5. The second-order valence-corrected chi connectivity index (χ2v) is 11.6. The second-order valence-electron chi connectivity index (χ2n) is 11.6. The average molecular weight is 598 g/mol. The molecular formula is C30H55N5O7. The lowest BCUT2D eigenvalue weighted by molar-refractivity contribution is -0.134. The lowest BCUT2D eigenvalue weighted by Gasteiger charge is -2.24. The largest absolute Gasteiger partial charge is 0.393 e. The summed E-state index contributed by atoms with van der Waals surface area (Å²) in [6.45, 7) is 5.95. The molecule has 0 aliphatic carbocycles. The number of hydrogen-bond donors (Lipinski definition) is 6. The molecule has 0 heterocycles. The zero-order valence-corrected chi connectivity index (χ0v) is 25.8. The molecule has 0 saturated carbocycles. The van der Waals surface area contributed by atoms with Gasteiger partial charge in [0, 0.05) is 6.42 Å². The number of rotatable bonds is 26. The Hall–Kier alpha value is -3.02. The van der Waals surface area contributed by atoms with Gasteiger partial charge in [0.15, 0.2) is 0 Å². The molecule has 0 radical (unpaired) electrons. The van der Waals surface area contributed by atoms with E-state index in [0.29, 0.717) is 19.1 Å². The molecule has 12 heteroatoms. The predicted octanol–water partition coefficient (Wildman–Crippen LogP) is 1.89. The minimum Gasteiger partial charge on any atom is -0.393 e. The summed E-state index contributed by atoms with van der Waals surface area (Å²) in [6.07, 6.45) is 10.8. The van der Waals surface area contributed by atoms with Crippen LogP contribution in [0.25, 0.3) is 0 Å². The molecule has 0 bridgehead atoms. The fourth-order valence-corrected chi connectivity index (χ4v) is 4.61. The quantitative estimate of drug-likeness (QED) is 0.0643. The number of carbonyl (C=O) groups is 6. The van der Waals surface area contributed by atoms with Crippen molar-refractivity contribution in [3.8, 4) is 0 Å². The number of hydrogen-bond acceptors (Lipinski definition) is 7. The van der Waals surface area contributed by atoms with E-state index in [-0.39, 0.29) is 25.2 Å². The molecule has 0 aliphatic rings. The van der Waals surface area contributed by atoms with Crippen molar-refractivity contribution in [3.63, 3.8) is 0 Å². The van der Waals surface area contributed by atoms with Crippen molar-refractivity contribution >= 4 is 35.8 Å². The highest BCUT2D eigenvalue weighted by Gasteiger charge is 2.29. The van der Waals surface area contributed by atoms with Crippen LogP contribution in [0.15, 0.2) is 0 Å². The molecule has 0 rings (SSSR count). The Labute approximate surface area is 250 Å². The molecule has 8 N–H and O–H groups in total. The van der Waals surface area contributed by atoms with Crippen LogP contribution in [-0.4, -0.2) is 65.2 Å². The molecule has 0 fully saturated rings. The maximum Gasteiger partial charge on any atom is 0.243 e. The number of carbonyl (C=O) groups excluding carboxylic acids is 6. The Morgan fingerprint density at radius 3 is 1.76 bits per heavy atom. The van der Waals surface area contributed by atoms with Gasteiger partial charge in [-0.1, -0.05) is 85.0 Å². The minimum atomic E-state index is -1.40. The van der Waals surface area contributed by atoms with Crippen LogP contribution < -0.4 is 27.4 Å². The monoisotopic (exact) mass is 597 g/mol. The van der Waals surface area contributed by atoms with Crippen molar-refractivity contribution in [2.45, 2.75) is 148 Å². The van der Waals surface area contributed by atoms with Gasteiger partial charge in [0.2, 0.25) is 29.5 Å². The summed E-state index contributed by atoms with van der Waals surface area (Å²) < 4.78 is 0. The summed E-state index contributed by atoms with van der Waals surface area (Å²) in [5.74, 6) is -3.69. The highest BCUT2D eigenvalue weighted by molar-refractivity contribution is 5.95. The van der Waals surface area contributed by atoms with Crippen molar-refractivity contribution < 1.29 is 33.9 Å². The number of primary amides is 2. The summed E-state index contributed by atoms with van der Waals surface area (Å²) in [5, 5.41) is 17.7. The van der Waals surface area contributed by atoms with Gasteiger partial charge in [-0.3, -0.25) is 24.0 Å². The maximum atomic E-state index is 13.0. The Morgan fingerprint density at radius 1 is 0.714 bits per heavy atom. The highest BCUT2D eigenvalue weighted by Crippen LogP contribution is 2.13. The summed E-state index contributed by atoms with van der Waals surface area (Å²) in [4.78, 5) is 72.8. The molecule has 0 spiro atoms. The number of aliphatic hydroxyl groups is 1. The molecule has 5 amide bonds. The van der Waals surface area contributed by atoms with Crippen LogP contribution in [0.4, 0.5) is 0 Å². The van der Waals surface area contributed by atoms with Gasteiger partial charge in [0.1, 0.15) is 18.4 Å². The van der Waals surface area contributed by atoms with Crippen molar-refractivity contribution in [1.29, 1.82) is 0 Å². The molecule has 2 unspecified atom stereocenters. The third-order valence-corrected chi connectivity index (χ3v) is 6.90. The van der Waals surface area contributed by atoms with Gasteiger partial charge in [-0.15, -0.1) is 0 Å². The summed E-state index contributed by atoms with van der Waals surface area (Å²) >= 11 is 0. The Balaban J connectivity index is 4.92. The van der Waals surface area contributed by atoms with Crippen molar-refractivity contribution in [2.75, 3.05) is 0 Å². The van der Waals surface area contributed by atoms with E-state index in [2.05, 4.69) is 22.9 Å². The molecule has 0 aromatic rings. The number of amides is 5. The van der Waals surface area contributed by atoms with E-state index in [9.17, 15) is 33.9 Å². The number of aldehydes is 1. The molecule has 0 aliphatic heterocycles. The number of aliphatic hydroxyl groups excluding tert-OH is 1. The first kappa shape index (κ1) is 39.0. The molecule has 4 atom stereocenters. The van der Waals surface area contributed by atoms with Crippen LogP contribution in [0.2, 0.25) is 0 Å². The van der Waals surface area contributed by atoms with Gasteiger partial charge in [0.05, 0.1) is 25.0 Å². The van der Waals surface area contributed by atoms with E-state index in [1.807, 2.05) is 13.8 Å². The molecule has 242 valence electrons. The van der Waals surface area contributed by atoms with Gasteiger partial charge in [0.25, 0.3) is 0 Å². The Kier molecular flexibility index (Phi) is 21.8. The predicted molar refractivity (Wildman–Crippen MR) is 161 cm³/mol. The van der Waals surface area contributed by atoms with Crippen LogP contribution in [0.1, 0.15) is 124 Å². The lowest BCUT2D eigenvalue weighted by Crippen LogP contribution is -2.56. The third-order valence-electron chi connectivity index (χ3n) is 6.90. The SMILES string of the molecule is CCCCCCCCCCCCC(O)CC(=O)N[C@@H](CC(N)=O)C(=O)N[C@@H](CCC(N)=O)C(=O)NC(C=O)CC(C)C. The van der Waals surface area contributed by atoms with Crippen LogP contribution in [-0.2, 0) is 28.8 Å². The maximum absolute atomic E-state index is 13.0. The zero-order chi connectivity index (χ0) is 31.9. The van der Waals surface area contributed by atoms with Crippen LogP contribution in [0, 0.1) is 5.92 Å². The van der Waals surface area contributed by atoms with E-state index in [0.717, 1.165) is 25.7 Å². The molecule has 0 aromatic carbocycles. The lowest BCUT2D eigenvalue weighted by atomic mass is 10.0. The molecule has 0 saturated heterocycles. The molecule has 42 heavy (non-hydrogen) atoms.